The monoisotopic (exact) mass is 433 g/mol. The summed E-state index contributed by atoms with van der Waals surface area (Å²) in [6.45, 7) is 1.58. The molecule has 1 atom stereocenters. The number of carbonyl (C=O) groups excluding carboxylic acids is 1. The number of pyridine rings is 1. The molecule has 0 spiro atoms. The Labute approximate surface area is 168 Å². The number of hydrogen-bond donors (Lipinski definition) is 3. The predicted octanol–water partition coefficient (Wildman–Crippen LogP) is 4.88. The van der Waals surface area contributed by atoms with Gasteiger partial charge in [-0.15, -0.1) is 0 Å². The summed E-state index contributed by atoms with van der Waals surface area (Å²) in [7, 11) is 0. The number of hydrogen-bond acceptors (Lipinski definition) is 3. The van der Waals surface area contributed by atoms with Crippen molar-refractivity contribution in [3.63, 3.8) is 0 Å². The average molecular weight is 434 g/mol. The number of benzene rings is 1. The fourth-order valence-corrected chi connectivity index (χ4v) is 3.67. The number of halogens is 5. The lowest BCUT2D eigenvalue weighted by Gasteiger charge is -2.20. The first-order chi connectivity index (χ1) is 13.0. The summed E-state index contributed by atoms with van der Waals surface area (Å²) in [5.74, 6) is 0. The van der Waals surface area contributed by atoms with Crippen molar-refractivity contribution in [1.82, 2.24) is 10.3 Å². The van der Waals surface area contributed by atoms with Crippen molar-refractivity contribution < 1.29 is 23.1 Å². The standard InChI is InChI=1S/C18H16Cl2F3N3O2/c1-17(28)5-4-11-12(17)6-13(19)15(14(11)20)26-16(27)25-8-10-3-2-9(7-24-10)18(21,22)23/h2-3,6-7,28H,4-5,8H2,1H3,(H2,25,26,27). The summed E-state index contributed by atoms with van der Waals surface area (Å²) in [4.78, 5) is 15.8. The van der Waals surface area contributed by atoms with E-state index in [1.165, 1.54) is 6.07 Å². The van der Waals surface area contributed by atoms with Crippen LogP contribution in [0, 0.1) is 0 Å². The third-order valence-corrected chi connectivity index (χ3v) is 5.30. The molecule has 10 heteroatoms. The zero-order chi connectivity index (χ0) is 20.7. The molecule has 0 saturated heterocycles. The lowest BCUT2D eigenvalue weighted by atomic mass is 9.98. The molecule has 3 N–H and O–H groups in total. The summed E-state index contributed by atoms with van der Waals surface area (Å²) >= 11 is 12.6. The van der Waals surface area contributed by atoms with Crippen LogP contribution >= 0.6 is 23.2 Å². The topological polar surface area (TPSA) is 74.2 Å². The van der Waals surface area contributed by atoms with E-state index < -0.39 is 23.4 Å². The van der Waals surface area contributed by atoms with E-state index in [0.29, 0.717) is 24.6 Å². The first-order valence-electron chi connectivity index (χ1n) is 8.30. The van der Waals surface area contributed by atoms with E-state index in [1.807, 2.05) is 0 Å². The number of carbonyl (C=O) groups is 1. The molecule has 3 rings (SSSR count). The molecule has 0 bridgehead atoms. The van der Waals surface area contributed by atoms with Crippen LogP contribution < -0.4 is 10.6 Å². The van der Waals surface area contributed by atoms with Crippen molar-refractivity contribution >= 4 is 34.9 Å². The second-order valence-electron chi connectivity index (χ2n) is 6.69. The molecule has 1 aromatic heterocycles. The van der Waals surface area contributed by atoms with E-state index in [4.69, 9.17) is 23.2 Å². The van der Waals surface area contributed by atoms with Crippen LogP contribution in [0.1, 0.15) is 35.7 Å². The zero-order valence-electron chi connectivity index (χ0n) is 14.6. The van der Waals surface area contributed by atoms with Gasteiger partial charge in [-0.05, 0) is 49.1 Å². The Balaban J connectivity index is 1.68. The van der Waals surface area contributed by atoms with Crippen molar-refractivity contribution in [2.45, 2.75) is 38.1 Å². The number of amides is 2. The van der Waals surface area contributed by atoms with Crippen LogP contribution in [0.2, 0.25) is 10.0 Å². The van der Waals surface area contributed by atoms with Gasteiger partial charge in [-0.25, -0.2) is 4.79 Å². The number of fused-ring (bicyclic) bond motifs is 1. The molecule has 0 fully saturated rings. The zero-order valence-corrected chi connectivity index (χ0v) is 16.1. The molecule has 0 aliphatic heterocycles. The number of nitrogens with one attached hydrogen (secondary N) is 2. The van der Waals surface area contributed by atoms with Crippen LogP contribution in [0.15, 0.2) is 24.4 Å². The van der Waals surface area contributed by atoms with Crippen LogP contribution in [0.4, 0.5) is 23.7 Å². The maximum absolute atomic E-state index is 12.5. The van der Waals surface area contributed by atoms with E-state index in [-0.39, 0.29) is 28.0 Å². The molecule has 2 aromatic rings. The molecular formula is C18H16Cl2F3N3O2. The average Bonchev–Trinajstić information content (AvgIpc) is 2.91. The van der Waals surface area contributed by atoms with Gasteiger partial charge in [0.1, 0.15) is 0 Å². The van der Waals surface area contributed by atoms with Gasteiger partial charge in [0.15, 0.2) is 0 Å². The normalized spacial score (nSPS) is 18.7. The first-order valence-corrected chi connectivity index (χ1v) is 9.05. The SMILES string of the molecule is CC1(O)CCc2c1cc(Cl)c(NC(=O)NCc1ccc(C(F)(F)F)cn1)c2Cl. The van der Waals surface area contributed by atoms with Gasteiger partial charge >= 0.3 is 12.2 Å². The van der Waals surface area contributed by atoms with Gasteiger partial charge in [-0.1, -0.05) is 23.2 Å². The van der Waals surface area contributed by atoms with Crippen molar-refractivity contribution in [2.24, 2.45) is 0 Å². The van der Waals surface area contributed by atoms with E-state index in [0.717, 1.165) is 11.6 Å². The summed E-state index contributed by atoms with van der Waals surface area (Å²) in [5, 5.41) is 15.8. The Morgan fingerprint density at radius 2 is 2.07 bits per heavy atom. The minimum atomic E-state index is -4.47. The summed E-state index contributed by atoms with van der Waals surface area (Å²) in [5.41, 5.74) is -0.0908. The van der Waals surface area contributed by atoms with E-state index in [9.17, 15) is 23.1 Å². The largest absolute Gasteiger partial charge is 0.417 e. The highest BCUT2D eigenvalue weighted by atomic mass is 35.5. The third kappa shape index (κ3) is 4.19. The molecule has 1 aliphatic carbocycles. The molecular weight excluding hydrogens is 418 g/mol. The van der Waals surface area contributed by atoms with Crippen LogP contribution in [0.5, 0.6) is 0 Å². The molecule has 1 aromatic carbocycles. The molecule has 2 amide bonds. The van der Waals surface area contributed by atoms with Crippen molar-refractivity contribution in [2.75, 3.05) is 5.32 Å². The highest BCUT2D eigenvalue weighted by molar-refractivity contribution is 6.40. The molecule has 5 nitrogen and oxygen atoms in total. The molecule has 1 heterocycles. The van der Waals surface area contributed by atoms with E-state index in [1.54, 1.807) is 13.0 Å². The fourth-order valence-electron chi connectivity index (χ4n) is 3.03. The quantitative estimate of drug-likeness (QED) is 0.645. The van der Waals surface area contributed by atoms with E-state index >= 15 is 0 Å². The Bertz CT molecular complexity index is 916. The highest BCUT2D eigenvalue weighted by Gasteiger charge is 2.35. The number of nitrogens with zero attached hydrogens (tertiary/aromatic N) is 1. The number of anilines is 1. The van der Waals surface area contributed by atoms with Crippen molar-refractivity contribution in [3.05, 3.63) is 56.8 Å². The van der Waals surface area contributed by atoms with Crippen molar-refractivity contribution in [3.8, 4) is 0 Å². The van der Waals surface area contributed by atoms with Gasteiger partial charge in [-0.3, -0.25) is 4.98 Å². The smallest absolute Gasteiger partial charge is 0.385 e. The summed E-state index contributed by atoms with van der Waals surface area (Å²) in [6, 6.07) is 3.00. The van der Waals surface area contributed by atoms with Gasteiger partial charge in [0, 0.05) is 6.20 Å². The van der Waals surface area contributed by atoms with Gasteiger partial charge in [0.05, 0.1) is 39.1 Å². The number of rotatable bonds is 3. The minimum absolute atomic E-state index is 0.0845. The number of aliphatic hydroxyl groups is 1. The molecule has 28 heavy (non-hydrogen) atoms. The summed E-state index contributed by atoms with van der Waals surface area (Å²) in [6.07, 6.45) is -2.73. The lowest BCUT2D eigenvalue weighted by Crippen LogP contribution is -2.29. The Hall–Kier alpha value is -2.03. The maximum Gasteiger partial charge on any atom is 0.417 e. The Kier molecular flexibility index (Phi) is 5.49. The van der Waals surface area contributed by atoms with Gasteiger partial charge in [-0.2, -0.15) is 13.2 Å². The van der Waals surface area contributed by atoms with Crippen molar-refractivity contribution in [1.29, 1.82) is 0 Å². The lowest BCUT2D eigenvalue weighted by molar-refractivity contribution is -0.137. The Morgan fingerprint density at radius 3 is 2.68 bits per heavy atom. The van der Waals surface area contributed by atoms with Crippen LogP contribution in [0.25, 0.3) is 0 Å². The van der Waals surface area contributed by atoms with Gasteiger partial charge in [0.2, 0.25) is 0 Å². The molecule has 150 valence electrons. The number of alkyl halides is 3. The Morgan fingerprint density at radius 1 is 1.36 bits per heavy atom. The minimum Gasteiger partial charge on any atom is -0.385 e. The highest BCUT2D eigenvalue weighted by Crippen LogP contribution is 2.45. The van der Waals surface area contributed by atoms with Crippen LogP contribution in [-0.4, -0.2) is 16.1 Å². The second kappa shape index (κ2) is 7.42. The summed E-state index contributed by atoms with van der Waals surface area (Å²) < 4.78 is 37.6. The van der Waals surface area contributed by atoms with Gasteiger partial charge < -0.3 is 15.7 Å². The molecule has 1 unspecified atom stereocenters. The first kappa shape index (κ1) is 20.7. The van der Waals surface area contributed by atoms with Crippen LogP contribution in [-0.2, 0) is 24.7 Å². The molecule has 1 aliphatic rings. The molecule has 0 saturated carbocycles. The van der Waals surface area contributed by atoms with E-state index in [2.05, 4.69) is 15.6 Å². The number of urea groups is 1. The maximum atomic E-state index is 12.5. The van der Waals surface area contributed by atoms with Crippen LogP contribution in [0.3, 0.4) is 0 Å². The molecule has 0 radical (unpaired) electrons. The fraction of sp³-hybridized carbons (Fsp3) is 0.333. The second-order valence-corrected chi connectivity index (χ2v) is 7.48. The predicted molar refractivity (Wildman–Crippen MR) is 99.5 cm³/mol. The van der Waals surface area contributed by atoms with Gasteiger partial charge in [0.25, 0.3) is 0 Å². The number of aromatic nitrogens is 1. The third-order valence-electron chi connectivity index (χ3n) is 4.58.